The normalized spacial score (nSPS) is 10.7. The summed E-state index contributed by atoms with van der Waals surface area (Å²) in [7, 11) is 1.70. The van der Waals surface area contributed by atoms with Gasteiger partial charge in [0.1, 0.15) is 5.82 Å². The molecule has 0 fully saturated rings. The summed E-state index contributed by atoms with van der Waals surface area (Å²) in [5.74, 6) is 1.15. The van der Waals surface area contributed by atoms with Crippen molar-refractivity contribution in [2.75, 3.05) is 25.5 Å². The van der Waals surface area contributed by atoms with Crippen molar-refractivity contribution in [2.24, 2.45) is 4.99 Å². The average Bonchev–Trinajstić information content (AvgIpc) is 2.62. The Morgan fingerprint density at radius 1 is 1.11 bits per heavy atom. The van der Waals surface area contributed by atoms with Crippen molar-refractivity contribution in [1.82, 2.24) is 15.6 Å². The number of halogens is 2. The molecule has 6 nitrogen and oxygen atoms in total. The molecule has 146 valence electrons. The number of nitrogens with zero attached hydrogens (tertiary/aromatic N) is 2. The molecule has 0 spiro atoms. The zero-order valence-corrected chi connectivity index (χ0v) is 18.5. The molecule has 0 aliphatic heterocycles. The molecule has 0 radical (unpaired) electrons. The number of nitrogens with one attached hydrogen (secondary N) is 3. The van der Waals surface area contributed by atoms with E-state index in [4.69, 9.17) is 11.6 Å². The van der Waals surface area contributed by atoms with Crippen molar-refractivity contribution in [3.8, 4) is 0 Å². The summed E-state index contributed by atoms with van der Waals surface area (Å²) in [6.07, 6.45) is 1.19. The quantitative estimate of drug-likeness (QED) is 0.309. The first-order valence-corrected chi connectivity index (χ1v) is 8.87. The van der Waals surface area contributed by atoms with Crippen molar-refractivity contribution < 1.29 is 4.79 Å². The Kier molecular flexibility index (Phi) is 10.7. The van der Waals surface area contributed by atoms with E-state index < -0.39 is 0 Å². The molecule has 2 aromatic rings. The summed E-state index contributed by atoms with van der Waals surface area (Å²) in [6, 6.07) is 13.3. The monoisotopic (exact) mass is 501 g/mol. The molecule has 1 aromatic carbocycles. The van der Waals surface area contributed by atoms with E-state index in [1.165, 1.54) is 5.56 Å². The van der Waals surface area contributed by atoms with Crippen LogP contribution in [0.5, 0.6) is 0 Å². The summed E-state index contributed by atoms with van der Waals surface area (Å²) in [5.41, 5.74) is 2.06. The minimum atomic E-state index is -0.0905. The van der Waals surface area contributed by atoms with Crippen molar-refractivity contribution in [3.05, 3.63) is 58.7 Å². The highest BCUT2D eigenvalue weighted by atomic mass is 127. The summed E-state index contributed by atoms with van der Waals surface area (Å²) < 4.78 is 0. The first-order chi connectivity index (χ1) is 12.6. The number of amides is 1. The number of hydrogen-bond acceptors (Lipinski definition) is 3. The van der Waals surface area contributed by atoms with Gasteiger partial charge in [-0.3, -0.25) is 9.79 Å². The third kappa shape index (κ3) is 9.05. The van der Waals surface area contributed by atoms with Gasteiger partial charge in [0.05, 0.1) is 0 Å². The van der Waals surface area contributed by atoms with Crippen LogP contribution in [0.3, 0.4) is 0 Å². The second kappa shape index (κ2) is 12.5. The third-order valence-electron chi connectivity index (χ3n) is 3.64. The van der Waals surface area contributed by atoms with Crippen molar-refractivity contribution in [2.45, 2.75) is 19.8 Å². The predicted octanol–water partition coefficient (Wildman–Crippen LogP) is 3.40. The standard InChI is InChI=1S/C19H24ClN5O.HI/c1-14-4-3-5-17(24-14)25-18(26)11-13-23-19(21-2)22-12-10-15-6-8-16(20)9-7-15;/h3-9H,10-13H2,1-2H3,(H2,21,22,23)(H,24,25,26);1H. The fourth-order valence-electron chi connectivity index (χ4n) is 2.31. The Morgan fingerprint density at radius 2 is 1.81 bits per heavy atom. The van der Waals surface area contributed by atoms with Gasteiger partial charge in [-0.15, -0.1) is 24.0 Å². The lowest BCUT2D eigenvalue weighted by Crippen LogP contribution is -2.39. The first kappa shape index (κ1) is 23.2. The fourth-order valence-corrected chi connectivity index (χ4v) is 2.44. The van der Waals surface area contributed by atoms with E-state index >= 15 is 0 Å². The van der Waals surface area contributed by atoms with E-state index in [2.05, 4.69) is 25.9 Å². The van der Waals surface area contributed by atoms with Crippen LogP contribution in [0.2, 0.25) is 5.02 Å². The minimum Gasteiger partial charge on any atom is -0.356 e. The van der Waals surface area contributed by atoms with Crippen molar-refractivity contribution >= 4 is 53.3 Å². The predicted molar refractivity (Wildman–Crippen MR) is 122 cm³/mol. The van der Waals surface area contributed by atoms with Crippen LogP contribution >= 0.6 is 35.6 Å². The van der Waals surface area contributed by atoms with Crippen LogP contribution < -0.4 is 16.0 Å². The SMILES string of the molecule is CN=C(NCCC(=O)Nc1cccc(C)n1)NCCc1ccc(Cl)cc1.I. The second-order valence-corrected chi connectivity index (χ2v) is 6.20. The molecule has 1 heterocycles. The number of carbonyl (C=O) groups is 1. The molecule has 1 amide bonds. The lowest BCUT2D eigenvalue weighted by Gasteiger charge is -2.12. The summed E-state index contributed by atoms with van der Waals surface area (Å²) in [4.78, 5) is 20.4. The van der Waals surface area contributed by atoms with Gasteiger partial charge >= 0.3 is 0 Å². The van der Waals surface area contributed by atoms with Gasteiger partial charge in [0, 0.05) is 37.3 Å². The van der Waals surface area contributed by atoms with E-state index in [1.54, 1.807) is 13.1 Å². The molecular weight excluding hydrogens is 477 g/mol. The van der Waals surface area contributed by atoms with E-state index in [0.717, 1.165) is 23.7 Å². The van der Waals surface area contributed by atoms with Crippen LogP contribution in [0.1, 0.15) is 17.7 Å². The van der Waals surface area contributed by atoms with Crippen LogP contribution in [0.25, 0.3) is 0 Å². The Morgan fingerprint density at radius 3 is 2.48 bits per heavy atom. The van der Waals surface area contributed by atoms with Gasteiger partial charge in [0.2, 0.25) is 5.91 Å². The summed E-state index contributed by atoms with van der Waals surface area (Å²) in [5, 5.41) is 9.87. The van der Waals surface area contributed by atoms with Gasteiger partial charge in [-0.2, -0.15) is 0 Å². The largest absolute Gasteiger partial charge is 0.356 e. The van der Waals surface area contributed by atoms with E-state index in [9.17, 15) is 4.79 Å². The van der Waals surface area contributed by atoms with Crippen LogP contribution in [-0.2, 0) is 11.2 Å². The van der Waals surface area contributed by atoms with Gasteiger partial charge in [0.25, 0.3) is 0 Å². The number of aryl methyl sites for hydroxylation is 1. The number of rotatable bonds is 7. The zero-order chi connectivity index (χ0) is 18.8. The molecule has 3 N–H and O–H groups in total. The Labute approximate surface area is 182 Å². The van der Waals surface area contributed by atoms with Crippen LogP contribution in [0.4, 0.5) is 5.82 Å². The average molecular weight is 502 g/mol. The summed E-state index contributed by atoms with van der Waals surface area (Å²) in [6.45, 7) is 3.11. The number of carbonyl (C=O) groups excluding carboxylic acids is 1. The number of anilines is 1. The van der Waals surface area contributed by atoms with Crippen LogP contribution in [0.15, 0.2) is 47.5 Å². The van der Waals surface area contributed by atoms with Gasteiger partial charge in [-0.05, 0) is 43.2 Å². The maximum Gasteiger partial charge on any atom is 0.227 e. The van der Waals surface area contributed by atoms with E-state index in [-0.39, 0.29) is 29.9 Å². The molecule has 1 aromatic heterocycles. The van der Waals surface area contributed by atoms with Gasteiger partial charge in [-0.1, -0.05) is 29.8 Å². The number of aromatic nitrogens is 1. The van der Waals surface area contributed by atoms with Gasteiger partial charge in [0.15, 0.2) is 5.96 Å². The van der Waals surface area contributed by atoms with E-state index in [0.29, 0.717) is 24.7 Å². The topological polar surface area (TPSA) is 78.4 Å². The summed E-state index contributed by atoms with van der Waals surface area (Å²) >= 11 is 5.88. The molecule has 0 unspecified atom stereocenters. The molecule has 0 aliphatic rings. The Bertz CT molecular complexity index is 752. The van der Waals surface area contributed by atoms with Crippen molar-refractivity contribution in [3.63, 3.8) is 0 Å². The second-order valence-electron chi connectivity index (χ2n) is 5.76. The molecule has 8 heteroatoms. The zero-order valence-electron chi connectivity index (χ0n) is 15.5. The van der Waals surface area contributed by atoms with E-state index in [1.807, 2.05) is 43.3 Å². The number of aliphatic imine (C=N–C) groups is 1. The molecule has 0 bridgehead atoms. The lowest BCUT2D eigenvalue weighted by molar-refractivity contribution is -0.116. The highest BCUT2D eigenvalue weighted by Gasteiger charge is 2.04. The molecule has 27 heavy (non-hydrogen) atoms. The number of pyridine rings is 1. The molecule has 0 aliphatic carbocycles. The smallest absolute Gasteiger partial charge is 0.227 e. The number of hydrogen-bond donors (Lipinski definition) is 3. The highest BCUT2D eigenvalue weighted by Crippen LogP contribution is 2.09. The van der Waals surface area contributed by atoms with Gasteiger partial charge < -0.3 is 16.0 Å². The molecular formula is C19H25ClIN5O. The molecule has 2 rings (SSSR count). The maximum atomic E-state index is 12.0. The molecule has 0 atom stereocenters. The number of guanidine groups is 1. The molecule has 0 saturated heterocycles. The third-order valence-corrected chi connectivity index (χ3v) is 3.90. The van der Waals surface area contributed by atoms with Crippen LogP contribution in [-0.4, -0.2) is 37.0 Å². The fraction of sp³-hybridized carbons (Fsp3) is 0.316. The maximum absolute atomic E-state index is 12.0. The van der Waals surface area contributed by atoms with Crippen LogP contribution in [0, 0.1) is 6.92 Å². The lowest BCUT2D eigenvalue weighted by atomic mass is 10.1. The Balaban J connectivity index is 0.00000364. The highest BCUT2D eigenvalue weighted by molar-refractivity contribution is 14.0. The number of benzene rings is 1. The Hall–Kier alpha value is -1.87. The first-order valence-electron chi connectivity index (χ1n) is 8.49. The molecule has 0 saturated carbocycles. The van der Waals surface area contributed by atoms with Gasteiger partial charge in [-0.25, -0.2) is 4.98 Å². The minimum absolute atomic E-state index is 0. The van der Waals surface area contributed by atoms with Crippen molar-refractivity contribution in [1.29, 1.82) is 0 Å².